The molecule has 2 heteroatoms. The highest BCUT2D eigenvalue weighted by atomic mass is 14.9. The quantitative estimate of drug-likeness (QED) is 0.567. The molecule has 2 N–H and O–H groups in total. The molecule has 128 valence electrons. The van der Waals surface area contributed by atoms with Crippen molar-refractivity contribution in [2.75, 3.05) is 5.32 Å². The molecule has 2 aliphatic rings. The standard InChI is InChI=1S/C23H26N2/c1-2-5-17(6-3-1)22-15-24-23-14-20(11-12-21(22)23)25-19-10-9-16-7-4-8-18(16)13-19/h9-15,17,24-25H,1-8H2. The van der Waals surface area contributed by atoms with Crippen molar-refractivity contribution < 1.29 is 0 Å². The average Bonchev–Trinajstić information content (AvgIpc) is 3.28. The van der Waals surface area contributed by atoms with E-state index in [4.69, 9.17) is 0 Å². The van der Waals surface area contributed by atoms with Crippen LogP contribution in [0.2, 0.25) is 0 Å². The predicted octanol–water partition coefficient (Wildman–Crippen LogP) is 6.45. The number of hydrogen-bond donors (Lipinski definition) is 2. The fraction of sp³-hybridized carbons (Fsp3) is 0.391. The molecule has 0 bridgehead atoms. The van der Waals surface area contributed by atoms with Crippen LogP contribution in [0.5, 0.6) is 0 Å². The Morgan fingerprint density at radius 1 is 0.800 bits per heavy atom. The summed E-state index contributed by atoms with van der Waals surface area (Å²) in [6.07, 6.45) is 12.9. The summed E-state index contributed by atoms with van der Waals surface area (Å²) < 4.78 is 0. The van der Waals surface area contributed by atoms with Gasteiger partial charge < -0.3 is 10.3 Å². The van der Waals surface area contributed by atoms with Crippen molar-refractivity contribution in [3.05, 3.63) is 59.3 Å². The van der Waals surface area contributed by atoms with E-state index in [1.807, 2.05) is 0 Å². The molecule has 0 unspecified atom stereocenters. The zero-order chi connectivity index (χ0) is 16.6. The molecule has 1 heterocycles. The molecule has 0 atom stereocenters. The van der Waals surface area contributed by atoms with Crippen molar-refractivity contribution in [3.8, 4) is 0 Å². The van der Waals surface area contributed by atoms with Gasteiger partial charge in [-0.05, 0) is 79.0 Å². The van der Waals surface area contributed by atoms with Crippen LogP contribution >= 0.6 is 0 Å². The minimum absolute atomic E-state index is 0.748. The fourth-order valence-corrected chi connectivity index (χ4v) is 4.79. The van der Waals surface area contributed by atoms with Crippen LogP contribution in [0.4, 0.5) is 11.4 Å². The van der Waals surface area contributed by atoms with E-state index in [-0.39, 0.29) is 0 Å². The molecular formula is C23H26N2. The van der Waals surface area contributed by atoms with Gasteiger partial charge in [-0.2, -0.15) is 0 Å². The lowest BCUT2D eigenvalue weighted by Gasteiger charge is -2.21. The third kappa shape index (κ3) is 2.84. The van der Waals surface area contributed by atoms with Crippen LogP contribution in [0.3, 0.4) is 0 Å². The summed E-state index contributed by atoms with van der Waals surface area (Å²) in [5, 5.41) is 5.00. The highest BCUT2D eigenvalue weighted by Crippen LogP contribution is 2.37. The van der Waals surface area contributed by atoms with E-state index in [0.717, 1.165) is 5.92 Å². The lowest BCUT2D eigenvalue weighted by molar-refractivity contribution is 0.445. The maximum atomic E-state index is 3.59. The SMILES string of the molecule is c1cc2c(cc1Nc1ccc3c(C4CCCCC4)c[nH]c3c1)CCC2. The number of rotatable bonds is 3. The molecule has 0 saturated heterocycles. The van der Waals surface area contributed by atoms with Crippen LogP contribution in [0, 0.1) is 0 Å². The second-order valence-electron chi connectivity index (χ2n) is 7.80. The van der Waals surface area contributed by atoms with Crippen LogP contribution in [0.15, 0.2) is 42.6 Å². The normalized spacial score (nSPS) is 17.8. The first-order valence-corrected chi connectivity index (χ1v) is 9.87. The second kappa shape index (κ2) is 6.25. The lowest BCUT2D eigenvalue weighted by Crippen LogP contribution is -2.03. The predicted molar refractivity (Wildman–Crippen MR) is 106 cm³/mol. The molecule has 2 aromatic carbocycles. The van der Waals surface area contributed by atoms with Gasteiger partial charge >= 0.3 is 0 Å². The molecular weight excluding hydrogens is 304 g/mol. The molecule has 3 aromatic rings. The average molecular weight is 330 g/mol. The largest absolute Gasteiger partial charge is 0.361 e. The number of H-pyrrole nitrogens is 1. The van der Waals surface area contributed by atoms with Crippen LogP contribution in [0.25, 0.3) is 10.9 Å². The highest BCUT2D eigenvalue weighted by molar-refractivity contribution is 5.87. The Balaban J connectivity index is 1.41. The number of fused-ring (bicyclic) bond motifs is 2. The minimum atomic E-state index is 0.748. The molecule has 0 aliphatic heterocycles. The van der Waals surface area contributed by atoms with Gasteiger partial charge in [0, 0.05) is 28.5 Å². The molecule has 25 heavy (non-hydrogen) atoms. The van der Waals surface area contributed by atoms with Crippen LogP contribution < -0.4 is 5.32 Å². The topological polar surface area (TPSA) is 27.8 Å². The van der Waals surface area contributed by atoms with Crippen LogP contribution in [0.1, 0.15) is 61.1 Å². The Morgan fingerprint density at radius 3 is 2.52 bits per heavy atom. The zero-order valence-corrected chi connectivity index (χ0v) is 14.8. The number of anilines is 2. The monoisotopic (exact) mass is 330 g/mol. The van der Waals surface area contributed by atoms with E-state index in [2.05, 4.69) is 52.9 Å². The molecule has 1 aromatic heterocycles. The number of nitrogens with one attached hydrogen (secondary N) is 2. The Labute approximate surface area is 149 Å². The lowest BCUT2D eigenvalue weighted by atomic mass is 9.84. The number of aromatic nitrogens is 1. The Morgan fingerprint density at radius 2 is 1.60 bits per heavy atom. The van der Waals surface area contributed by atoms with Crippen molar-refractivity contribution in [1.29, 1.82) is 0 Å². The third-order valence-corrected chi connectivity index (χ3v) is 6.15. The van der Waals surface area contributed by atoms with Gasteiger partial charge in [-0.25, -0.2) is 0 Å². The molecule has 5 rings (SSSR count). The number of aromatic amines is 1. The summed E-state index contributed by atoms with van der Waals surface area (Å²) in [6.45, 7) is 0. The van der Waals surface area contributed by atoms with Crippen molar-refractivity contribution in [2.24, 2.45) is 0 Å². The number of aryl methyl sites for hydroxylation is 2. The molecule has 2 aliphatic carbocycles. The Kier molecular flexibility index (Phi) is 3.77. The highest BCUT2D eigenvalue weighted by Gasteiger charge is 2.18. The summed E-state index contributed by atoms with van der Waals surface area (Å²) >= 11 is 0. The first-order chi connectivity index (χ1) is 12.4. The van der Waals surface area contributed by atoms with Gasteiger partial charge in [0.1, 0.15) is 0 Å². The summed E-state index contributed by atoms with van der Waals surface area (Å²) in [4.78, 5) is 3.51. The Bertz CT molecular complexity index is 900. The molecule has 0 amide bonds. The van der Waals surface area contributed by atoms with Crippen molar-refractivity contribution in [1.82, 2.24) is 4.98 Å². The number of hydrogen-bond acceptors (Lipinski definition) is 1. The molecule has 2 nitrogen and oxygen atoms in total. The van der Waals surface area contributed by atoms with Gasteiger partial charge in [0.25, 0.3) is 0 Å². The van der Waals surface area contributed by atoms with Crippen molar-refractivity contribution in [3.63, 3.8) is 0 Å². The summed E-state index contributed by atoms with van der Waals surface area (Å²) in [5.74, 6) is 0.748. The Hall–Kier alpha value is -2.22. The minimum Gasteiger partial charge on any atom is -0.361 e. The maximum Gasteiger partial charge on any atom is 0.0477 e. The first kappa shape index (κ1) is 15.1. The molecule has 1 saturated carbocycles. The molecule has 0 radical (unpaired) electrons. The van der Waals surface area contributed by atoms with E-state index < -0.39 is 0 Å². The second-order valence-corrected chi connectivity index (χ2v) is 7.80. The van der Waals surface area contributed by atoms with Crippen LogP contribution in [-0.4, -0.2) is 4.98 Å². The maximum absolute atomic E-state index is 3.59. The molecule has 1 fully saturated rings. The van der Waals surface area contributed by atoms with Gasteiger partial charge in [-0.15, -0.1) is 0 Å². The smallest absolute Gasteiger partial charge is 0.0477 e. The number of benzene rings is 2. The van der Waals surface area contributed by atoms with Gasteiger partial charge in [-0.1, -0.05) is 31.4 Å². The van der Waals surface area contributed by atoms with Crippen LogP contribution in [-0.2, 0) is 12.8 Å². The van der Waals surface area contributed by atoms with Gasteiger partial charge in [0.05, 0.1) is 0 Å². The van der Waals surface area contributed by atoms with Crippen molar-refractivity contribution in [2.45, 2.75) is 57.3 Å². The molecule has 0 spiro atoms. The first-order valence-electron chi connectivity index (χ1n) is 9.87. The fourth-order valence-electron chi connectivity index (χ4n) is 4.79. The summed E-state index contributed by atoms with van der Waals surface area (Å²) in [5.41, 5.74) is 8.21. The van der Waals surface area contributed by atoms with E-state index in [1.54, 1.807) is 0 Å². The van der Waals surface area contributed by atoms with Gasteiger partial charge in [0.2, 0.25) is 0 Å². The van der Waals surface area contributed by atoms with Gasteiger partial charge in [0.15, 0.2) is 0 Å². The van der Waals surface area contributed by atoms with E-state index in [9.17, 15) is 0 Å². The van der Waals surface area contributed by atoms with E-state index in [0.29, 0.717) is 0 Å². The van der Waals surface area contributed by atoms with E-state index in [1.165, 1.54) is 90.3 Å². The summed E-state index contributed by atoms with van der Waals surface area (Å²) in [6, 6.07) is 13.6. The zero-order valence-electron chi connectivity index (χ0n) is 14.8. The van der Waals surface area contributed by atoms with Crippen molar-refractivity contribution >= 4 is 22.3 Å². The summed E-state index contributed by atoms with van der Waals surface area (Å²) in [7, 11) is 0. The van der Waals surface area contributed by atoms with Gasteiger partial charge in [-0.3, -0.25) is 0 Å². The third-order valence-electron chi connectivity index (χ3n) is 6.15. The van der Waals surface area contributed by atoms with E-state index >= 15 is 0 Å².